The summed E-state index contributed by atoms with van der Waals surface area (Å²) in [6, 6.07) is 2.61. The molecular formula is C11H11Cl2NO4. The van der Waals surface area contributed by atoms with Crippen LogP contribution in [0.1, 0.15) is 23.2 Å². The SMILES string of the molecule is O=C(O)CCCNC(=O)c1cc(Cl)cc(Cl)c1O. The molecule has 0 bridgehead atoms. The third-order valence-electron chi connectivity index (χ3n) is 2.13. The van der Waals surface area contributed by atoms with E-state index in [1.165, 1.54) is 12.1 Å². The molecule has 0 atom stereocenters. The summed E-state index contributed by atoms with van der Waals surface area (Å²) in [6.45, 7) is 0.189. The highest BCUT2D eigenvalue weighted by atomic mass is 35.5. The molecule has 1 rings (SSSR count). The summed E-state index contributed by atoms with van der Waals surface area (Å²) in [5.74, 6) is -1.84. The zero-order valence-electron chi connectivity index (χ0n) is 9.24. The highest BCUT2D eigenvalue weighted by molar-refractivity contribution is 6.36. The Hall–Kier alpha value is -1.46. The minimum Gasteiger partial charge on any atom is -0.506 e. The van der Waals surface area contributed by atoms with Gasteiger partial charge in [0.1, 0.15) is 5.75 Å². The van der Waals surface area contributed by atoms with E-state index < -0.39 is 11.9 Å². The first kappa shape index (κ1) is 14.6. The number of aliphatic carboxylic acids is 1. The monoisotopic (exact) mass is 291 g/mol. The molecular weight excluding hydrogens is 281 g/mol. The summed E-state index contributed by atoms with van der Waals surface area (Å²) in [4.78, 5) is 21.9. The van der Waals surface area contributed by atoms with E-state index in [1.807, 2.05) is 0 Å². The predicted molar refractivity (Wildman–Crippen MR) is 67.3 cm³/mol. The molecule has 0 aliphatic carbocycles. The lowest BCUT2D eigenvalue weighted by Crippen LogP contribution is -2.25. The molecule has 0 unspecified atom stereocenters. The lowest BCUT2D eigenvalue weighted by molar-refractivity contribution is -0.137. The Labute approximate surface area is 113 Å². The summed E-state index contributed by atoms with van der Waals surface area (Å²) in [5, 5.41) is 20.7. The van der Waals surface area contributed by atoms with Gasteiger partial charge in [0.2, 0.25) is 0 Å². The van der Waals surface area contributed by atoms with E-state index in [9.17, 15) is 14.7 Å². The third kappa shape index (κ3) is 4.09. The summed E-state index contributed by atoms with van der Waals surface area (Å²) < 4.78 is 0. The van der Waals surface area contributed by atoms with Crippen molar-refractivity contribution in [2.24, 2.45) is 0 Å². The van der Waals surface area contributed by atoms with Crippen LogP contribution in [-0.4, -0.2) is 28.6 Å². The molecule has 0 aromatic heterocycles. The van der Waals surface area contributed by atoms with E-state index in [-0.39, 0.29) is 34.3 Å². The van der Waals surface area contributed by atoms with Crippen molar-refractivity contribution in [1.29, 1.82) is 0 Å². The molecule has 5 nitrogen and oxygen atoms in total. The number of rotatable bonds is 5. The first-order valence-corrected chi connectivity index (χ1v) is 5.85. The molecule has 0 heterocycles. The number of benzene rings is 1. The van der Waals surface area contributed by atoms with Crippen LogP contribution >= 0.6 is 23.2 Å². The van der Waals surface area contributed by atoms with Crippen molar-refractivity contribution in [3.63, 3.8) is 0 Å². The number of carboxylic acid groups (broad SMARTS) is 1. The standard InChI is InChI=1S/C11H11Cl2NO4/c12-6-4-7(10(17)8(13)5-6)11(18)14-3-1-2-9(15)16/h4-5,17H,1-3H2,(H,14,18)(H,15,16). The van der Waals surface area contributed by atoms with Gasteiger partial charge in [-0.3, -0.25) is 9.59 Å². The van der Waals surface area contributed by atoms with Crippen LogP contribution in [0.5, 0.6) is 5.75 Å². The maximum Gasteiger partial charge on any atom is 0.303 e. The molecule has 0 aliphatic heterocycles. The Morgan fingerprint density at radius 2 is 1.94 bits per heavy atom. The number of carbonyl (C=O) groups is 2. The topological polar surface area (TPSA) is 86.6 Å². The molecule has 1 aromatic carbocycles. The van der Waals surface area contributed by atoms with Gasteiger partial charge in [-0.2, -0.15) is 0 Å². The lowest BCUT2D eigenvalue weighted by atomic mass is 10.2. The summed E-state index contributed by atoms with van der Waals surface area (Å²) in [6.07, 6.45) is 0.263. The van der Waals surface area contributed by atoms with Crippen molar-refractivity contribution in [2.75, 3.05) is 6.54 Å². The molecule has 18 heavy (non-hydrogen) atoms. The number of hydrogen-bond donors (Lipinski definition) is 3. The van der Waals surface area contributed by atoms with Crippen LogP contribution < -0.4 is 5.32 Å². The summed E-state index contributed by atoms with van der Waals surface area (Å²) in [5.41, 5.74) is -0.0391. The number of nitrogens with one attached hydrogen (secondary N) is 1. The second-order valence-electron chi connectivity index (χ2n) is 3.54. The Kier molecular flexibility index (Phi) is 5.25. The number of phenolic OH excluding ortho intramolecular Hbond substituents is 1. The van der Waals surface area contributed by atoms with Gasteiger partial charge in [-0.05, 0) is 18.6 Å². The smallest absolute Gasteiger partial charge is 0.303 e. The molecule has 0 fully saturated rings. The number of aromatic hydroxyl groups is 1. The van der Waals surface area contributed by atoms with Crippen LogP contribution in [-0.2, 0) is 4.79 Å². The van der Waals surface area contributed by atoms with Gasteiger partial charge >= 0.3 is 5.97 Å². The lowest BCUT2D eigenvalue weighted by Gasteiger charge is -2.08. The van der Waals surface area contributed by atoms with Gasteiger partial charge in [0, 0.05) is 18.0 Å². The van der Waals surface area contributed by atoms with Gasteiger partial charge < -0.3 is 15.5 Å². The molecule has 0 spiro atoms. The van der Waals surface area contributed by atoms with Crippen LogP contribution in [0, 0.1) is 0 Å². The predicted octanol–water partition coefficient (Wildman–Crippen LogP) is 2.29. The molecule has 98 valence electrons. The Balaban J connectivity index is 2.64. The van der Waals surface area contributed by atoms with Crippen molar-refractivity contribution in [3.8, 4) is 5.75 Å². The van der Waals surface area contributed by atoms with Crippen LogP contribution in [0.3, 0.4) is 0 Å². The fourth-order valence-corrected chi connectivity index (χ4v) is 1.77. The van der Waals surface area contributed by atoms with E-state index in [0.29, 0.717) is 6.42 Å². The van der Waals surface area contributed by atoms with Gasteiger partial charge in [0.05, 0.1) is 10.6 Å². The maximum atomic E-state index is 11.7. The first-order valence-electron chi connectivity index (χ1n) is 5.10. The zero-order valence-corrected chi connectivity index (χ0v) is 10.8. The molecule has 0 radical (unpaired) electrons. The van der Waals surface area contributed by atoms with Crippen LogP contribution in [0.15, 0.2) is 12.1 Å². The molecule has 1 aromatic rings. The second-order valence-corrected chi connectivity index (χ2v) is 4.38. The first-order chi connectivity index (χ1) is 8.41. The Morgan fingerprint density at radius 1 is 1.28 bits per heavy atom. The van der Waals surface area contributed by atoms with E-state index in [0.717, 1.165) is 0 Å². The Morgan fingerprint density at radius 3 is 2.56 bits per heavy atom. The van der Waals surface area contributed by atoms with Gasteiger partial charge in [-0.15, -0.1) is 0 Å². The van der Waals surface area contributed by atoms with Crippen molar-refractivity contribution < 1.29 is 19.8 Å². The van der Waals surface area contributed by atoms with E-state index in [1.54, 1.807) is 0 Å². The van der Waals surface area contributed by atoms with Gasteiger partial charge in [-0.1, -0.05) is 23.2 Å². The maximum absolute atomic E-state index is 11.7. The average molecular weight is 292 g/mol. The number of halogens is 2. The molecule has 0 saturated heterocycles. The van der Waals surface area contributed by atoms with Gasteiger partial charge in [0.15, 0.2) is 0 Å². The minimum absolute atomic E-state index is 0.0156. The molecule has 0 aliphatic rings. The highest BCUT2D eigenvalue weighted by Gasteiger charge is 2.14. The quantitative estimate of drug-likeness (QED) is 0.727. The molecule has 0 saturated carbocycles. The fraction of sp³-hybridized carbons (Fsp3) is 0.273. The molecule has 7 heteroatoms. The van der Waals surface area contributed by atoms with Gasteiger partial charge in [-0.25, -0.2) is 0 Å². The third-order valence-corrected chi connectivity index (χ3v) is 2.63. The van der Waals surface area contributed by atoms with Crippen LogP contribution in [0.25, 0.3) is 0 Å². The number of carbonyl (C=O) groups excluding carboxylic acids is 1. The van der Waals surface area contributed by atoms with Crippen LogP contribution in [0.2, 0.25) is 10.0 Å². The van der Waals surface area contributed by atoms with E-state index >= 15 is 0 Å². The largest absolute Gasteiger partial charge is 0.506 e. The minimum atomic E-state index is -0.933. The van der Waals surface area contributed by atoms with Crippen LogP contribution in [0.4, 0.5) is 0 Å². The van der Waals surface area contributed by atoms with Crippen molar-refractivity contribution >= 4 is 35.1 Å². The van der Waals surface area contributed by atoms with Crippen molar-refractivity contribution in [2.45, 2.75) is 12.8 Å². The second kappa shape index (κ2) is 6.47. The van der Waals surface area contributed by atoms with E-state index in [4.69, 9.17) is 28.3 Å². The molecule has 1 amide bonds. The number of phenols is 1. The van der Waals surface area contributed by atoms with Crippen molar-refractivity contribution in [3.05, 3.63) is 27.7 Å². The molecule has 3 N–H and O–H groups in total. The Bertz CT molecular complexity index is 476. The average Bonchev–Trinajstić information content (AvgIpc) is 2.28. The number of amides is 1. The van der Waals surface area contributed by atoms with Crippen molar-refractivity contribution in [1.82, 2.24) is 5.32 Å². The van der Waals surface area contributed by atoms with E-state index in [2.05, 4.69) is 5.32 Å². The highest BCUT2D eigenvalue weighted by Crippen LogP contribution is 2.30. The zero-order chi connectivity index (χ0) is 13.7. The number of carboxylic acids is 1. The fourth-order valence-electron chi connectivity index (χ4n) is 1.28. The normalized spacial score (nSPS) is 10.1. The summed E-state index contributed by atoms with van der Waals surface area (Å²) >= 11 is 11.4. The van der Waals surface area contributed by atoms with Gasteiger partial charge in [0.25, 0.3) is 5.91 Å². The summed E-state index contributed by atoms with van der Waals surface area (Å²) in [7, 11) is 0. The number of hydrogen-bond acceptors (Lipinski definition) is 3.